The normalized spacial score (nSPS) is 20.6. The topological polar surface area (TPSA) is 79.0 Å². The number of nitrogens with zero attached hydrogens (tertiary/aromatic N) is 1. The van der Waals surface area contributed by atoms with Gasteiger partial charge in [-0.3, -0.25) is 0 Å². The predicted molar refractivity (Wildman–Crippen MR) is 82.1 cm³/mol. The summed E-state index contributed by atoms with van der Waals surface area (Å²) < 4.78 is 5.59. The van der Waals surface area contributed by atoms with E-state index < -0.39 is 6.10 Å². The van der Waals surface area contributed by atoms with Crippen LogP contribution in [0.5, 0.6) is 5.75 Å². The smallest absolute Gasteiger partial charge is 0.119 e. The van der Waals surface area contributed by atoms with Gasteiger partial charge in [-0.1, -0.05) is 12.1 Å². The second-order valence-electron chi connectivity index (χ2n) is 5.74. The van der Waals surface area contributed by atoms with Crippen LogP contribution in [0.4, 0.5) is 0 Å². The maximum Gasteiger partial charge on any atom is 0.119 e. The summed E-state index contributed by atoms with van der Waals surface area (Å²) in [5.41, 5.74) is 6.61. The Labute approximate surface area is 126 Å². The van der Waals surface area contributed by atoms with Gasteiger partial charge in [-0.15, -0.1) is 0 Å². The first-order chi connectivity index (χ1) is 10.2. The van der Waals surface area contributed by atoms with Crippen molar-refractivity contribution in [2.45, 2.75) is 25.5 Å². The zero-order valence-corrected chi connectivity index (χ0v) is 12.4. The number of rotatable bonds is 8. The van der Waals surface area contributed by atoms with Gasteiger partial charge in [-0.2, -0.15) is 0 Å². The van der Waals surface area contributed by atoms with E-state index in [0.717, 1.165) is 37.2 Å². The Balaban J connectivity index is 1.68. The largest absolute Gasteiger partial charge is 0.491 e. The number of likely N-dealkylation sites (tertiary alicyclic amines) is 1. The number of aliphatic hydroxyl groups is 2. The van der Waals surface area contributed by atoms with Crippen molar-refractivity contribution in [1.82, 2.24) is 4.90 Å². The maximum absolute atomic E-state index is 10.1. The van der Waals surface area contributed by atoms with Crippen molar-refractivity contribution < 1.29 is 14.9 Å². The number of nitrogens with two attached hydrogens (primary N) is 1. The number of ether oxygens (including phenoxy) is 1. The van der Waals surface area contributed by atoms with Crippen LogP contribution in [0, 0.1) is 5.92 Å². The van der Waals surface area contributed by atoms with Gasteiger partial charge < -0.3 is 25.6 Å². The van der Waals surface area contributed by atoms with Gasteiger partial charge >= 0.3 is 0 Å². The molecule has 4 N–H and O–H groups in total. The van der Waals surface area contributed by atoms with E-state index in [-0.39, 0.29) is 6.61 Å². The molecule has 0 radical (unpaired) electrons. The fourth-order valence-corrected chi connectivity index (χ4v) is 2.76. The molecule has 0 spiro atoms. The second-order valence-corrected chi connectivity index (χ2v) is 5.74. The number of benzene rings is 1. The number of aliphatic hydroxyl groups excluding tert-OH is 2. The van der Waals surface area contributed by atoms with Crippen molar-refractivity contribution in [3.63, 3.8) is 0 Å². The molecule has 0 saturated carbocycles. The molecule has 1 aliphatic rings. The number of hydrogen-bond donors (Lipinski definition) is 3. The van der Waals surface area contributed by atoms with Gasteiger partial charge in [0.05, 0.1) is 0 Å². The molecule has 1 saturated heterocycles. The van der Waals surface area contributed by atoms with E-state index in [1.165, 1.54) is 0 Å². The highest BCUT2D eigenvalue weighted by molar-refractivity contribution is 5.27. The van der Waals surface area contributed by atoms with Crippen LogP contribution in [0.1, 0.15) is 18.4 Å². The summed E-state index contributed by atoms with van der Waals surface area (Å²) in [5, 5.41) is 19.0. The van der Waals surface area contributed by atoms with E-state index in [9.17, 15) is 5.11 Å². The summed E-state index contributed by atoms with van der Waals surface area (Å²) in [7, 11) is 0. The van der Waals surface area contributed by atoms with Crippen LogP contribution in [0.3, 0.4) is 0 Å². The molecule has 21 heavy (non-hydrogen) atoms. The Morgan fingerprint density at radius 1 is 1.33 bits per heavy atom. The van der Waals surface area contributed by atoms with Gasteiger partial charge in [0, 0.05) is 26.2 Å². The first-order valence-corrected chi connectivity index (χ1v) is 7.64. The minimum atomic E-state index is -0.493. The zero-order chi connectivity index (χ0) is 15.1. The molecule has 118 valence electrons. The molecule has 0 aromatic heterocycles. The van der Waals surface area contributed by atoms with Crippen molar-refractivity contribution >= 4 is 0 Å². The van der Waals surface area contributed by atoms with E-state index in [4.69, 9.17) is 15.6 Å². The van der Waals surface area contributed by atoms with Crippen molar-refractivity contribution in [2.24, 2.45) is 11.7 Å². The lowest BCUT2D eigenvalue weighted by Crippen LogP contribution is -2.34. The van der Waals surface area contributed by atoms with Crippen LogP contribution in [0.15, 0.2) is 24.3 Å². The molecule has 5 heteroatoms. The van der Waals surface area contributed by atoms with Crippen LogP contribution in [-0.4, -0.2) is 54.1 Å². The molecule has 1 heterocycles. The lowest BCUT2D eigenvalue weighted by atomic mass is 10.1. The maximum atomic E-state index is 10.1. The van der Waals surface area contributed by atoms with Gasteiger partial charge in [-0.05, 0) is 43.0 Å². The molecular formula is C16H26N2O3. The molecule has 1 aromatic rings. The van der Waals surface area contributed by atoms with Crippen molar-refractivity contribution in [3.8, 4) is 5.75 Å². The van der Waals surface area contributed by atoms with Gasteiger partial charge in [-0.25, -0.2) is 0 Å². The number of hydrogen-bond acceptors (Lipinski definition) is 5. The minimum Gasteiger partial charge on any atom is -0.491 e. The standard InChI is InChI=1S/C16H26N2O3/c17-9-13-1-3-16(4-2-13)21-12-15(20)11-18-7-5-14(10-18)6-8-19/h1-4,14-15,19-20H,5-12,17H2. The molecule has 2 unspecified atom stereocenters. The van der Waals surface area contributed by atoms with Crippen molar-refractivity contribution in [1.29, 1.82) is 0 Å². The monoisotopic (exact) mass is 294 g/mol. The SMILES string of the molecule is NCc1ccc(OCC(O)CN2CCC(CCO)C2)cc1. The summed E-state index contributed by atoms with van der Waals surface area (Å²) in [6.45, 7) is 3.65. The summed E-state index contributed by atoms with van der Waals surface area (Å²) in [6.07, 6.45) is 1.47. The molecule has 0 aliphatic carbocycles. The van der Waals surface area contributed by atoms with Crippen LogP contribution in [0.25, 0.3) is 0 Å². The van der Waals surface area contributed by atoms with E-state index in [1.54, 1.807) is 0 Å². The molecule has 1 fully saturated rings. The third-order valence-electron chi connectivity index (χ3n) is 3.98. The molecule has 1 aromatic carbocycles. The van der Waals surface area contributed by atoms with Gasteiger partial charge in [0.25, 0.3) is 0 Å². The molecular weight excluding hydrogens is 268 g/mol. The lowest BCUT2D eigenvalue weighted by Gasteiger charge is -2.20. The van der Waals surface area contributed by atoms with Crippen LogP contribution < -0.4 is 10.5 Å². The lowest BCUT2D eigenvalue weighted by molar-refractivity contribution is 0.0743. The number of β-amino-alcohol motifs (C(OH)–C–C–N with tert-alkyl or cyclic N) is 1. The Hall–Kier alpha value is -1.14. The first-order valence-electron chi connectivity index (χ1n) is 7.64. The highest BCUT2D eigenvalue weighted by Crippen LogP contribution is 2.19. The summed E-state index contributed by atoms with van der Waals surface area (Å²) >= 11 is 0. The van der Waals surface area contributed by atoms with E-state index >= 15 is 0 Å². The van der Waals surface area contributed by atoms with Crippen LogP contribution in [0.2, 0.25) is 0 Å². The average molecular weight is 294 g/mol. The first kappa shape index (κ1) is 16.2. The quantitative estimate of drug-likeness (QED) is 0.654. The Bertz CT molecular complexity index is 410. The Kier molecular flexibility index (Phi) is 6.45. The third-order valence-corrected chi connectivity index (χ3v) is 3.98. The van der Waals surface area contributed by atoms with E-state index in [0.29, 0.717) is 25.6 Å². The van der Waals surface area contributed by atoms with Gasteiger partial charge in [0.2, 0.25) is 0 Å². The van der Waals surface area contributed by atoms with Crippen LogP contribution >= 0.6 is 0 Å². The summed E-state index contributed by atoms with van der Waals surface area (Å²) in [4.78, 5) is 2.24. The molecule has 2 atom stereocenters. The summed E-state index contributed by atoms with van der Waals surface area (Å²) in [5.74, 6) is 1.32. The fourth-order valence-electron chi connectivity index (χ4n) is 2.76. The van der Waals surface area contributed by atoms with Crippen molar-refractivity contribution in [2.75, 3.05) is 32.8 Å². The van der Waals surface area contributed by atoms with Crippen molar-refractivity contribution in [3.05, 3.63) is 29.8 Å². The molecule has 0 bridgehead atoms. The molecule has 5 nitrogen and oxygen atoms in total. The van der Waals surface area contributed by atoms with Gasteiger partial charge in [0.1, 0.15) is 18.5 Å². The Morgan fingerprint density at radius 2 is 2.10 bits per heavy atom. The Morgan fingerprint density at radius 3 is 2.76 bits per heavy atom. The minimum absolute atomic E-state index is 0.253. The molecule has 0 amide bonds. The average Bonchev–Trinajstić information content (AvgIpc) is 2.93. The fraction of sp³-hybridized carbons (Fsp3) is 0.625. The summed E-state index contributed by atoms with van der Waals surface area (Å²) in [6, 6.07) is 7.62. The second kappa shape index (κ2) is 8.34. The molecule has 2 rings (SSSR count). The van der Waals surface area contributed by atoms with Gasteiger partial charge in [0.15, 0.2) is 0 Å². The zero-order valence-electron chi connectivity index (χ0n) is 12.4. The van der Waals surface area contributed by atoms with Crippen LogP contribution in [-0.2, 0) is 6.54 Å². The highest BCUT2D eigenvalue weighted by Gasteiger charge is 2.23. The molecule has 1 aliphatic heterocycles. The highest BCUT2D eigenvalue weighted by atomic mass is 16.5. The third kappa shape index (κ3) is 5.28. The van der Waals surface area contributed by atoms with E-state index in [2.05, 4.69) is 4.90 Å². The van der Waals surface area contributed by atoms with E-state index in [1.807, 2.05) is 24.3 Å². The predicted octanol–water partition coefficient (Wildman–Crippen LogP) is 0.589.